The van der Waals surface area contributed by atoms with Crippen LogP contribution >= 0.6 is 0 Å². The Balaban J connectivity index is 3.99. The van der Waals surface area contributed by atoms with Gasteiger partial charge in [0.05, 0.1) is 0 Å². The molecule has 8 nitrogen and oxygen atoms in total. The van der Waals surface area contributed by atoms with Crippen molar-refractivity contribution in [3.8, 4) is 0 Å². The first-order chi connectivity index (χ1) is 8.88. The molecule has 0 aliphatic carbocycles. The van der Waals surface area contributed by atoms with Crippen molar-refractivity contribution >= 4 is 17.9 Å². The molecular weight excluding hydrogens is 252 g/mol. The zero-order chi connectivity index (χ0) is 14.8. The summed E-state index contributed by atoms with van der Waals surface area (Å²) in [5.41, 5.74) is 15.9. The molecule has 110 valence electrons. The molecule has 0 amide bonds. The number of hydrogen-bond acceptors (Lipinski definition) is 6. The maximum absolute atomic E-state index is 11.5. The van der Waals surface area contributed by atoms with Gasteiger partial charge in [-0.2, -0.15) is 0 Å². The van der Waals surface area contributed by atoms with Gasteiger partial charge < -0.3 is 26.7 Å². The van der Waals surface area contributed by atoms with Crippen LogP contribution in [0.3, 0.4) is 0 Å². The third-order valence-electron chi connectivity index (χ3n) is 2.22. The molecule has 1 unspecified atom stereocenters. The summed E-state index contributed by atoms with van der Waals surface area (Å²) in [6.07, 6.45) is 0.0535. The van der Waals surface area contributed by atoms with Crippen LogP contribution in [0.2, 0.25) is 0 Å². The van der Waals surface area contributed by atoms with Crippen LogP contribution in [0.1, 0.15) is 26.7 Å². The highest BCUT2D eigenvalue weighted by molar-refractivity contribution is 5.90. The minimum atomic E-state index is -0.882. The Hall–Kier alpha value is -1.67. The number of aliphatic imine (C=N–C) groups is 1. The molecule has 0 aromatic heterocycles. The Morgan fingerprint density at radius 2 is 1.89 bits per heavy atom. The number of hydrogen-bond donors (Lipinski definition) is 3. The molecule has 0 fully saturated rings. The number of carbonyl (C=O) groups is 2. The maximum Gasteiger partial charge on any atom is 0.342 e. The van der Waals surface area contributed by atoms with Crippen LogP contribution in [0, 0.1) is 0 Å². The third-order valence-corrected chi connectivity index (χ3v) is 2.22. The van der Waals surface area contributed by atoms with Crippen molar-refractivity contribution in [2.75, 3.05) is 13.2 Å². The van der Waals surface area contributed by atoms with E-state index in [9.17, 15) is 9.59 Å². The van der Waals surface area contributed by atoms with Gasteiger partial charge in [-0.05, 0) is 26.7 Å². The first-order valence-corrected chi connectivity index (χ1v) is 6.06. The average Bonchev–Trinajstić information content (AvgIpc) is 2.34. The van der Waals surface area contributed by atoms with Crippen molar-refractivity contribution in [3.05, 3.63) is 0 Å². The Morgan fingerprint density at radius 3 is 2.42 bits per heavy atom. The van der Waals surface area contributed by atoms with E-state index in [2.05, 4.69) is 9.73 Å². The van der Waals surface area contributed by atoms with Gasteiger partial charge in [0.2, 0.25) is 0 Å². The predicted molar refractivity (Wildman–Crippen MR) is 70.1 cm³/mol. The van der Waals surface area contributed by atoms with Gasteiger partial charge in [-0.3, -0.25) is 4.99 Å². The van der Waals surface area contributed by atoms with E-state index in [4.69, 9.17) is 21.9 Å². The van der Waals surface area contributed by atoms with Gasteiger partial charge in [-0.15, -0.1) is 0 Å². The SMILES string of the molecule is CCOC(C)C(=O)OC(=O)[C@@H](N)CCCN=C(N)N. The molecule has 6 N–H and O–H groups in total. The molecule has 0 radical (unpaired) electrons. The van der Waals surface area contributed by atoms with E-state index >= 15 is 0 Å². The zero-order valence-electron chi connectivity index (χ0n) is 11.3. The molecule has 0 bridgehead atoms. The minimum absolute atomic E-state index is 0.0168. The molecule has 0 spiro atoms. The van der Waals surface area contributed by atoms with Crippen molar-refractivity contribution in [3.63, 3.8) is 0 Å². The van der Waals surface area contributed by atoms with Crippen molar-refractivity contribution in [2.24, 2.45) is 22.2 Å². The molecule has 0 aliphatic heterocycles. The standard InChI is InChI=1S/C11H22N4O4/c1-3-18-7(2)9(16)19-10(17)8(12)5-4-6-15-11(13)14/h7-8H,3-6,12H2,1-2H3,(H4,13,14,15)/t7?,8-/m0/s1. The molecule has 0 saturated heterocycles. The topological polar surface area (TPSA) is 143 Å². The number of guanidine groups is 1. The summed E-state index contributed by atoms with van der Waals surface area (Å²) in [5, 5.41) is 0. The van der Waals surface area contributed by atoms with Crippen LogP contribution in [-0.4, -0.2) is 43.2 Å². The Bertz CT molecular complexity index is 329. The lowest BCUT2D eigenvalue weighted by atomic mass is 10.2. The van der Waals surface area contributed by atoms with Crippen LogP contribution in [-0.2, 0) is 19.1 Å². The number of nitrogens with two attached hydrogens (primary N) is 3. The highest BCUT2D eigenvalue weighted by Gasteiger charge is 2.22. The van der Waals surface area contributed by atoms with Crippen molar-refractivity contribution in [1.82, 2.24) is 0 Å². The van der Waals surface area contributed by atoms with Gasteiger partial charge in [0.1, 0.15) is 6.04 Å². The van der Waals surface area contributed by atoms with Crippen LogP contribution in [0.15, 0.2) is 4.99 Å². The number of carbonyl (C=O) groups excluding carboxylic acids is 2. The molecule has 19 heavy (non-hydrogen) atoms. The highest BCUT2D eigenvalue weighted by Crippen LogP contribution is 2.01. The molecule has 0 aliphatic rings. The van der Waals surface area contributed by atoms with E-state index in [0.29, 0.717) is 26.0 Å². The number of rotatable bonds is 8. The summed E-state index contributed by atoms with van der Waals surface area (Å²) in [6.45, 7) is 3.96. The molecule has 0 aromatic carbocycles. The van der Waals surface area contributed by atoms with E-state index in [1.165, 1.54) is 6.92 Å². The fourth-order valence-electron chi connectivity index (χ4n) is 1.21. The Labute approximate surface area is 112 Å². The fourth-order valence-corrected chi connectivity index (χ4v) is 1.21. The number of nitrogens with zero attached hydrogens (tertiary/aromatic N) is 1. The van der Waals surface area contributed by atoms with Crippen LogP contribution in [0.5, 0.6) is 0 Å². The van der Waals surface area contributed by atoms with E-state index in [1.54, 1.807) is 6.92 Å². The van der Waals surface area contributed by atoms with Gasteiger partial charge in [0, 0.05) is 13.2 Å². The van der Waals surface area contributed by atoms with E-state index in [1.807, 2.05) is 0 Å². The second kappa shape index (κ2) is 9.29. The van der Waals surface area contributed by atoms with E-state index < -0.39 is 24.1 Å². The van der Waals surface area contributed by atoms with Crippen molar-refractivity contribution in [1.29, 1.82) is 0 Å². The lowest BCUT2D eigenvalue weighted by Gasteiger charge is -2.13. The van der Waals surface area contributed by atoms with Gasteiger partial charge >= 0.3 is 11.9 Å². The molecular formula is C11H22N4O4. The summed E-state index contributed by atoms with van der Waals surface area (Å²) < 4.78 is 9.59. The average molecular weight is 274 g/mol. The monoisotopic (exact) mass is 274 g/mol. The molecule has 0 rings (SSSR count). The molecule has 8 heteroatoms. The van der Waals surface area contributed by atoms with Gasteiger partial charge in [0.15, 0.2) is 12.1 Å². The normalized spacial score (nSPS) is 13.4. The van der Waals surface area contributed by atoms with Gasteiger partial charge in [-0.25, -0.2) is 9.59 Å². The second-order valence-electron chi connectivity index (χ2n) is 3.89. The fraction of sp³-hybridized carbons (Fsp3) is 0.727. The van der Waals surface area contributed by atoms with Crippen LogP contribution < -0.4 is 17.2 Å². The largest absolute Gasteiger partial charge is 0.390 e. The van der Waals surface area contributed by atoms with E-state index in [0.717, 1.165) is 0 Å². The highest BCUT2D eigenvalue weighted by atomic mass is 16.6. The summed E-state index contributed by atoms with van der Waals surface area (Å²) in [4.78, 5) is 26.6. The van der Waals surface area contributed by atoms with Crippen LogP contribution in [0.25, 0.3) is 0 Å². The number of ether oxygens (including phenoxy) is 2. The minimum Gasteiger partial charge on any atom is -0.390 e. The quantitative estimate of drug-likeness (QED) is 0.167. The van der Waals surface area contributed by atoms with Crippen molar-refractivity contribution in [2.45, 2.75) is 38.8 Å². The Kier molecular flexibility index (Phi) is 8.47. The smallest absolute Gasteiger partial charge is 0.342 e. The van der Waals surface area contributed by atoms with Gasteiger partial charge in [0.25, 0.3) is 0 Å². The molecule has 0 saturated carbocycles. The van der Waals surface area contributed by atoms with Gasteiger partial charge in [-0.1, -0.05) is 0 Å². The summed E-state index contributed by atoms with van der Waals surface area (Å²) in [5.74, 6) is -1.54. The molecule has 2 atom stereocenters. The second-order valence-corrected chi connectivity index (χ2v) is 3.89. The Morgan fingerprint density at radius 1 is 1.26 bits per heavy atom. The first-order valence-electron chi connectivity index (χ1n) is 6.06. The molecule has 0 aromatic rings. The van der Waals surface area contributed by atoms with E-state index in [-0.39, 0.29) is 5.96 Å². The lowest BCUT2D eigenvalue weighted by molar-refractivity contribution is -0.168. The zero-order valence-corrected chi connectivity index (χ0v) is 11.3. The lowest BCUT2D eigenvalue weighted by Crippen LogP contribution is -2.36. The summed E-state index contributed by atoms with van der Waals surface area (Å²) in [6, 6.07) is -0.882. The summed E-state index contributed by atoms with van der Waals surface area (Å²) >= 11 is 0. The predicted octanol–water partition coefficient (Wildman–Crippen LogP) is -1.14. The number of esters is 2. The van der Waals surface area contributed by atoms with Crippen LogP contribution in [0.4, 0.5) is 0 Å². The first kappa shape index (κ1) is 17.3. The summed E-state index contributed by atoms with van der Waals surface area (Å²) in [7, 11) is 0. The third kappa shape index (κ3) is 8.11. The van der Waals surface area contributed by atoms with Crippen molar-refractivity contribution < 1.29 is 19.1 Å². The molecule has 0 heterocycles. The maximum atomic E-state index is 11.5.